The van der Waals surface area contributed by atoms with Gasteiger partial charge in [0.1, 0.15) is 5.75 Å². The number of rotatable bonds is 7. The Bertz CT molecular complexity index is 732. The zero-order valence-electron chi connectivity index (χ0n) is 16.3. The minimum atomic E-state index is 0.164. The summed E-state index contributed by atoms with van der Waals surface area (Å²) in [5.74, 6) is 1.26. The quantitative estimate of drug-likeness (QED) is 0.574. The summed E-state index contributed by atoms with van der Waals surface area (Å²) in [4.78, 5) is 6.94. The number of aliphatic imine (C=N–C) groups is 1. The van der Waals surface area contributed by atoms with Gasteiger partial charge in [0.15, 0.2) is 5.96 Å². The first-order chi connectivity index (χ1) is 13.1. The van der Waals surface area contributed by atoms with Crippen molar-refractivity contribution in [3.8, 4) is 5.75 Å². The molecule has 1 aliphatic rings. The minimum absolute atomic E-state index is 0.164. The Labute approximate surface area is 162 Å². The summed E-state index contributed by atoms with van der Waals surface area (Å²) in [6.07, 6.45) is 2.82. The third-order valence-electron chi connectivity index (χ3n) is 4.56. The van der Waals surface area contributed by atoms with E-state index >= 15 is 0 Å². The van der Waals surface area contributed by atoms with E-state index in [1.54, 1.807) is 0 Å². The molecule has 0 aromatic heterocycles. The lowest BCUT2D eigenvalue weighted by Crippen LogP contribution is -2.22. The molecule has 0 radical (unpaired) electrons. The molecule has 1 fully saturated rings. The number of hydrogen-bond donors (Lipinski definition) is 2. The summed E-state index contributed by atoms with van der Waals surface area (Å²) in [6, 6.07) is 16.4. The number of guanidine groups is 1. The van der Waals surface area contributed by atoms with E-state index in [2.05, 4.69) is 39.5 Å². The van der Waals surface area contributed by atoms with Crippen molar-refractivity contribution in [1.82, 2.24) is 4.90 Å². The zero-order valence-corrected chi connectivity index (χ0v) is 16.3. The van der Waals surface area contributed by atoms with Crippen molar-refractivity contribution in [2.75, 3.05) is 18.4 Å². The molecule has 1 saturated heterocycles. The van der Waals surface area contributed by atoms with Crippen LogP contribution in [0.1, 0.15) is 37.8 Å². The van der Waals surface area contributed by atoms with Crippen LogP contribution in [-0.4, -0.2) is 30.1 Å². The Hall–Kier alpha value is -2.53. The first-order valence-corrected chi connectivity index (χ1v) is 9.72. The predicted octanol–water partition coefficient (Wildman–Crippen LogP) is 4.00. The summed E-state index contributed by atoms with van der Waals surface area (Å²) in [5, 5.41) is 3.12. The lowest BCUT2D eigenvalue weighted by molar-refractivity contribution is 0.242. The molecule has 0 aliphatic carbocycles. The van der Waals surface area contributed by atoms with E-state index in [0.29, 0.717) is 12.5 Å². The van der Waals surface area contributed by atoms with Crippen LogP contribution < -0.4 is 15.8 Å². The van der Waals surface area contributed by atoms with Gasteiger partial charge in [0.2, 0.25) is 0 Å². The van der Waals surface area contributed by atoms with Crippen molar-refractivity contribution in [3.05, 3.63) is 59.7 Å². The van der Waals surface area contributed by atoms with Gasteiger partial charge in [-0.1, -0.05) is 24.3 Å². The summed E-state index contributed by atoms with van der Waals surface area (Å²) in [6.45, 7) is 8.07. The Morgan fingerprint density at radius 2 is 1.67 bits per heavy atom. The molecule has 0 atom stereocenters. The molecule has 3 rings (SSSR count). The fourth-order valence-electron chi connectivity index (χ4n) is 3.20. The van der Waals surface area contributed by atoms with Gasteiger partial charge in [0.05, 0.1) is 12.6 Å². The van der Waals surface area contributed by atoms with Crippen LogP contribution in [0.2, 0.25) is 0 Å². The maximum atomic E-state index is 6.01. The van der Waals surface area contributed by atoms with Gasteiger partial charge >= 0.3 is 0 Å². The topological polar surface area (TPSA) is 62.9 Å². The van der Waals surface area contributed by atoms with Gasteiger partial charge in [-0.2, -0.15) is 0 Å². The van der Waals surface area contributed by atoms with Gasteiger partial charge in [-0.3, -0.25) is 4.90 Å². The highest BCUT2D eigenvalue weighted by Gasteiger charge is 2.11. The van der Waals surface area contributed by atoms with Crippen molar-refractivity contribution in [2.24, 2.45) is 10.7 Å². The largest absolute Gasteiger partial charge is 0.491 e. The molecular weight excluding hydrogens is 336 g/mol. The van der Waals surface area contributed by atoms with Crippen molar-refractivity contribution in [3.63, 3.8) is 0 Å². The number of nitrogens with two attached hydrogens (primary N) is 1. The first-order valence-electron chi connectivity index (χ1n) is 9.72. The Morgan fingerprint density at radius 1 is 1.04 bits per heavy atom. The van der Waals surface area contributed by atoms with Gasteiger partial charge in [-0.15, -0.1) is 0 Å². The molecule has 0 spiro atoms. The number of nitrogens with zero attached hydrogens (tertiary/aromatic N) is 2. The number of anilines is 1. The lowest BCUT2D eigenvalue weighted by atomic mass is 10.1. The molecule has 0 bridgehead atoms. The number of likely N-dealkylation sites (tertiary alicyclic amines) is 1. The Balaban J connectivity index is 1.49. The molecule has 144 valence electrons. The number of ether oxygens (including phenoxy) is 1. The van der Waals surface area contributed by atoms with Crippen molar-refractivity contribution in [1.29, 1.82) is 0 Å². The number of nitrogens with one attached hydrogen (secondary N) is 1. The third kappa shape index (κ3) is 6.29. The molecule has 27 heavy (non-hydrogen) atoms. The van der Waals surface area contributed by atoms with Crippen molar-refractivity contribution in [2.45, 2.75) is 45.9 Å². The molecule has 0 amide bonds. The molecule has 1 heterocycles. The molecule has 2 aromatic carbocycles. The highest BCUT2D eigenvalue weighted by atomic mass is 16.5. The highest BCUT2D eigenvalue weighted by Crippen LogP contribution is 2.17. The summed E-state index contributed by atoms with van der Waals surface area (Å²) >= 11 is 0. The van der Waals surface area contributed by atoms with E-state index in [9.17, 15) is 0 Å². The van der Waals surface area contributed by atoms with Crippen LogP contribution in [0, 0.1) is 0 Å². The van der Waals surface area contributed by atoms with Crippen LogP contribution in [-0.2, 0) is 13.1 Å². The summed E-state index contributed by atoms with van der Waals surface area (Å²) in [7, 11) is 0. The molecule has 2 aromatic rings. The van der Waals surface area contributed by atoms with E-state index < -0.39 is 0 Å². The smallest absolute Gasteiger partial charge is 0.193 e. The standard InChI is InChI=1S/C22H30N4O/c1-17(2)27-21-11-9-20(10-12-21)25-22(23)24-15-18-5-7-19(8-6-18)16-26-13-3-4-14-26/h5-12,17H,3-4,13-16H2,1-2H3,(H3,23,24,25). The van der Waals surface area contributed by atoms with Gasteiger partial charge in [0.25, 0.3) is 0 Å². The van der Waals surface area contributed by atoms with E-state index in [1.807, 2.05) is 38.1 Å². The molecule has 0 unspecified atom stereocenters. The second-order valence-corrected chi connectivity index (χ2v) is 7.32. The van der Waals surface area contributed by atoms with E-state index in [4.69, 9.17) is 10.5 Å². The van der Waals surface area contributed by atoms with Gasteiger partial charge in [-0.05, 0) is 75.2 Å². The SMILES string of the molecule is CC(C)Oc1ccc(NC(N)=NCc2ccc(CN3CCCC3)cc2)cc1. The average molecular weight is 367 g/mol. The highest BCUT2D eigenvalue weighted by molar-refractivity contribution is 5.92. The van der Waals surface area contributed by atoms with E-state index in [-0.39, 0.29) is 6.10 Å². The Morgan fingerprint density at radius 3 is 2.30 bits per heavy atom. The van der Waals surface area contributed by atoms with Crippen LogP contribution >= 0.6 is 0 Å². The summed E-state index contributed by atoms with van der Waals surface area (Å²) < 4.78 is 5.64. The minimum Gasteiger partial charge on any atom is -0.491 e. The molecular formula is C22H30N4O. The number of hydrogen-bond acceptors (Lipinski definition) is 3. The monoisotopic (exact) mass is 366 g/mol. The van der Waals surface area contributed by atoms with Gasteiger partial charge < -0.3 is 15.8 Å². The second-order valence-electron chi connectivity index (χ2n) is 7.32. The van der Waals surface area contributed by atoms with Gasteiger partial charge in [-0.25, -0.2) is 4.99 Å². The molecule has 5 heteroatoms. The van der Waals surface area contributed by atoms with Gasteiger partial charge in [0, 0.05) is 12.2 Å². The molecule has 1 aliphatic heterocycles. The molecule has 0 saturated carbocycles. The first kappa shape index (κ1) is 19.2. The maximum Gasteiger partial charge on any atom is 0.193 e. The van der Waals surface area contributed by atoms with Crippen molar-refractivity contribution < 1.29 is 4.74 Å². The van der Waals surface area contributed by atoms with E-state index in [1.165, 1.54) is 31.5 Å². The molecule has 5 nitrogen and oxygen atoms in total. The molecule has 3 N–H and O–H groups in total. The fourth-order valence-corrected chi connectivity index (χ4v) is 3.20. The average Bonchev–Trinajstić information content (AvgIpc) is 3.15. The zero-order chi connectivity index (χ0) is 19.1. The second kappa shape index (κ2) is 9.42. The van der Waals surface area contributed by atoms with Crippen LogP contribution in [0.4, 0.5) is 5.69 Å². The lowest BCUT2D eigenvalue weighted by Gasteiger charge is -2.14. The fraction of sp³-hybridized carbons (Fsp3) is 0.409. The van der Waals surface area contributed by atoms with Crippen LogP contribution in [0.3, 0.4) is 0 Å². The Kier molecular flexibility index (Phi) is 6.71. The van der Waals surface area contributed by atoms with Crippen LogP contribution in [0.5, 0.6) is 5.75 Å². The van der Waals surface area contributed by atoms with Crippen molar-refractivity contribution >= 4 is 11.6 Å². The van der Waals surface area contributed by atoms with Crippen LogP contribution in [0.15, 0.2) is 53.5 Å². The normalized spacial score (nSPS) is 15.3. The summed E-state index contributed by atoms with van der Waals surface area (Å²) in [5.41, 5.74) is 9.43. The number of benzene rings is 2. The predicted molar refractivity (Wildman–Crippen MR) is 112 cm³/mol. The van der Waals surface area contributed by atoms with E-state index in [0.717, 1.165) is 23.5 Å². The third-order valence-corrected chi connectivity index (χ3v) is 4.56. The maximum absolute atomic E-state index is 6.01. The van der Waals surface area contributed by atoms with Crippen LogP contribution in [0.25, 0.3) is 0 Å².